The summed E-state index contributed by atoms with van der Waals surface area (Å²) in [6.07, 6.45) is 9.11. The first-order valence-electron chi connectivity index (χ1n) is 21.3. The van der Waals surface area contributed by atoms with Crippen LogP contribution in [0.4, 0.5) is 28.4 Å². The van der Waals surface area contributed by atoms with Crippen molar-refractivity contribution >= 4 is 28.4 Å². The fraction of sp³-hybridized carbons (Fsp3) is 0.193. The van der Waals surface area contributed by atoms with Crippen LogP contribution in [0.3, 0.4) is 0 Å². The Balaban J connectivity index is 1.31. The van der Waals surface area contributed by atoms with Crippen molar-refractivity contribution in [2.75, 3.05) is 9.80 Å². The standard InChI is InChI=1S/C57H52N2/c1-55(2,3)39-27-31-47-48-32-28-40(56(4,5)6)36-52(48)57(51(47)35-39)53-37-45(58(41-19-11-7-12-20-41)42-21-13-8-14-22-42)29-33-49(53)50-34-30-46(38-54(50)57)59(43-23-15-9-16-24-43)44-25-17-10-18-26-44/h7-9,11-17,19-38H,10,18H2,1-6H3. The third-order valence-corrected chi connectivity index (χ3v) is 12.8. The summed E-state index contributed by atoms with van der Waals surface area (Å²) >= 11 is 0. The summed E-state index contributed by atoms with van der Waals surface area (Å²) in [5, 5.41) is 0. The number of hydrogen-bond acceptors (Lipinski definition) is 2. The van der Waals surface area contributed by atoms with E-state index in [1.807, 2.05) is 0 Å². The molecule has 0 aromatic heterocycles. The molecule has 0 saturated heterocycles. The molecule has 1 spiro atoms. The molecule has 0 N–H and O–H groups in total. The average Bonchev–Trinajstić information content (AvgIpc) is 3.71. The minimum absolute atomic E-state index is 0.0309. The predicted molar refractivity (Wildman–Crippen MR) is 250 cm³/mol. The minimum atomic E-state index is -0.567. The van der Waals surface area contributed by atoms with Crippen LogP contribution in [0.25, 0.3) is 22.3 Å². The molecule has 0 unspecified atom stereocenters. The van der Waals surface area contributed by atoms with Gasteiger partial charge in [0.25, 0.3) is 0 Å². The molecule has 3 aliphatic carbocycles. The highest BCUT2D eigenvalue weighted by Crippen LogP contribution is 2.64. The van der Waals surface area contributed by atoms with E-state index < -0.39 is 5.41 Å². The molecule has 0 bridgehead atoms. The molecular weight excluding hydrogens is 713 g/mol. The van der Waals surface area contributed by atoms with Crippen molar-refractivity contribution in [1.82, 2.24) is 0 Å². The minimum Gasteiger partial charge on any atom is -0.311 e. The van der Waals surface area contributed by atoms with Crippen LogP contribution >= 0.6 is 0 Å². The third kappa shape index (κ3) is 5.99. The maximum atomic E-state index is 2.55. The van der Waals surface area contributed by atoms with Gasteiger partial charge in [0.15, 0.2) is 0 Å². The Morgan fingerprint density at radius 1 is 0.390 bits per heavy atom. The second-order valence-electron chi connectivity index (χ2n) is 18.5. The first-order valence-corrected chi connectivity index (χ1v) is 21.3. The molecule has 0 heterocycles. The summed E-state index contributed by atoms with van der Waals surface area (Å²) < 4.78 is 0. The van der Waals surface area contributed by atoms with Crippen molar-refractivity contribution in [3.63, 3.8) is 0 Å². The maximum Gasteiger partial charge on any atom is 0.0727 e. The molecule has 0 atom stereocenters. The second-order valence-corrected chi connectivity index (χ2v) is 18.5. The normalized spacial score (nSPS) is 14.6. The Bertz CT molecular complexity index is 2670. The fourth-order valence-corrected chi connectivity index (χ4v) is 9.81. The molecule has 0 aliphatic heterocycles. The number of para-hydroxylation sites is 3. The number of rotatable bonds is 6. The van der Waals surface area contributed by atoms with Gasteiger partial charge in [-0.3, -0.25) is 0 Å². The third-order valence-electron chi connectivity index (χ3n) is 12.8. The SMILES string of the molecule is CC(C)(C)c1ccc2c(c1)C1(c3cc(N(C4=CCCC=C4)c4ccccc4)ccc3-c3ccc(N(c4ccccc4)c4ccccc4)cc31)c1cc(C(C)(C)C)ccc1-2. The molecule has 7 aromatic carbocycles. The van der Waals surface area contributed by atoms with Gasteiger partial charge in [0.2, 0.25) is 0 Å². The van der Waals surface area contributed by atoms with Crippen LogP contribution in [0.15, 0.2) is 188 Å². The second kappa shape index (κ2) is 13.9. The highest BCUT2D eigenvalue weighted by Gasteiger charge is 2.53. The zero-order chi connectivity index (χ0) is 40.5. The van der Waals surface area contributed by atoms with E-state index in [4.69, 9.17) is 0 Å². The zero-order valence-electron chi connectivity index (χ0n) is 35.1. The van der Waals surface area contributed by atoms with Crippen LogP contribution in [-0.2, 0) is 16.2 Å². The number of anilines is 5. The van der Waals surface area contributed by atoms with Gasteiger partial charge in [-0.05, 0) is 146 Å². The smallest absolute Gasteiger partial charge is 0.0727 e. The van der Waals surface area contributed by atoms with Crippen LogP contribution in [0.1, 0.15) is 87.8 Å². The first kappa shape index (κ1) is 36.9. The molecule has 0 radical (unpaired) electrons. The lowest BCUT2D eigenvalue weighted by Gasteiger charge is -2.35. The van der Waals surface area contributed by atoms with Gasteiger partial charge >= 0.3 is 0 Å². The predicted octanol–water partition coefficient (Wildman–Crippen LogP) is 15.5. The van der Waals surface area contributed by atoms with Crippen molar-refractivity contribution in [2.24, 2.45) is 0 Å². The van der Waals surface area contributed by atoms with Crippen LogP contribution < -0.4 is 9.80 Å². The largest absolute Gasteiger partial charge is 0.311 e. The van der Waals surface area contributed by atoms with Crippen molar-refractivity contribution in [1.29, 1.82) is 0 Å². The summed E-state index contributed by atoms with van der Waals surface area (Å²) in [5.41, 5.74) is 19.7. The Morgan fingerprint density at radius 2 is 0.780 bits per heavy atom. The van der Waals surface area contributed by atoms with Crippen molar-refractivity contribution in [3.05, 3.63) is 221 Å². The lowest BCUT2D eigenvalue weighted by Crippen LogP contribution is -2.28. The van der Waals surface area contributed by atoms with Crippen molar-refractivity contribution in [3.8, 4) is 22.3 Å². The molecule has 0 fully saturated rings. The summed E-state index contributed by atoms with van der Waals surface area (Å²) in [7, 11) is 0. The van der Waals surface area contributed by atoms with Gasteiger partial charge < -0.3 is 9.80 Å². The lowest BCUT2D eigenvalue weighted by atomic mass is 9.68. The van der Waals surface area contributed by atoms with Gasteiger partial charge in [-0.2, -0.15) is 0 Å². The summed E-state index contributed by atoms with van der Waals surface area (Å²) in [4.78, 5) is 4.87. The quantitative estimate of drug-likeness (QED) is 0.166. The molecule has 2 heteroatoms. The number of fused-ring (bicyclic) bond motifs is 10. The molecular formula is C57H52N2. The van der Waals surface area contributed by atoms with Gasteiger partial charge in [-0.1, -0.05) is 157 Å². The Kier molecular flexibility index (Phi) is 8.69. The molecule has 10 rings (SSSR count). The van der Waals surface area contributed by atoms with Gasteiger partial charge in [0.05, 0.1) is 5.41 Å². The van der Waals surface area contributed by atoms with E-state index in [2.05, 4.69) is 233 Å². The molecule has 2 nitrogen and oxygen atoms in total. The molecule has 0 amide bonds. The summed E-state index contributed by atoms with van der Waals surface area (Å²) in [6.45, 7) is 14.1. The van der Waals surface area contributed by atoms with Crippen molar-refractivity contribution < 1.29 is 0 Å². The Morgan fingerprint density at radius 3 is 1.19 bits per heavy atom. The first-order chi connectivity index (χ1) is 28.5. The van der Waals surface area contributed by atoms with E-state index in [-0.39, 0.29) is 10.8 Å². The number of nitrogens with zero attached hydrogens (tertiary/aromatic N) is 2. The van der Waals surface area contributed by atoms with E-state index in [1.54, 1.807) is 0 Å². The fourth-order valence-electron chi connectivity index (χ4n) is 9.81. The number of benzene rings is 7. The molecule has 3 aliphatic rings. The van der Waals surface area contributed by atoms with Gasteiger partial charge in [-0.15, -0.1) is 0 Å². The summed E-state index contributed by atoms with van der Waals surface area (Å²) in [6, 6.07) is 61.7. The van der Waals surface area contributed by atoms with Gasteiger partial charge in [0.1, 0.15) is 0 Å². The van der Waals surface area contributed by atoms with E-state index in [0.29, 0.717) is 0 Å². The van der Waals surface area contributed by atoms with Gasteiger partial charge in [0, 0.05) is 34.1 Å². The lowest BCUT2D eigenvalue weighted by molar-refractivity contribution is 0.586. The Hall–Kier alpha value is -6.38. The van der Waals surface area contributed by atoms with E-state index in [0.717, 1.165) is 35.6 Å². The van der Waals surface area contributed by atoms with Crippen molar-refractivity contribution in [2.45, 2.75) is 70.6 Å². The number of allylic oxidation sites excluding steroid dienone is 3. The Labute approximate surface area is 350 Å². The maximum absolute atomic E-state index is 2.55. The van der Waals surface area contributed by atoms with Crippen LogP contribution in [-0.4, -0.2) is 0 Å². The van der Waals surface area contributed by atoms with E-state index in [9.17, 15) is 0 Å². The average molecular weight is 765 g/mol. The zero-order valence-corrected chi connectivity index (χ0v) is 35.1. The van der Waals surface area contributed by atoms with Crippen LogP contribution in [0.5, 0.6) is 0 Å². The highest BCUT2D eigenvalue weighted by molar-refractivity contribution is 5.97. The molecule has 7 aromatic rings. The topological polar surface area (TPSA) is 6.48 Å². The molecule has 0 saturated carbocycles. The van der Waals surface area contributed by atoms with Crippen LogP contribution in [0, 0.1) is 0 Å². The highest BCUT2D eigenvalue weighted by atomic mass is 15.2. The van der Waals surface area contributed by atoms with E-state index in [1.165, 1.54) is 67.0 Å². The number of hydrogen-bond donors (Lipinski definition) is 0. The molecule has 290 valence electrons. The van der Waals surface area contributed by atoms with Gasteiger partial charge in [-0.25, -0.2) is 0 Å². The molecule has 59 heavy (non-hydrogen) atoms. The monoisotopic (exact) mass is 764 g/mol. The summed E-state index contributed by atoms with van der Waals surface area (Å²) in [5.74, 6) is 0. The van der Waals surface area contributed by atoms with E-state index >= 15 is 0 Å². The van der Waals surface area contributed by atoms with Crippen LogP contribution in [0.2, 0.25) is 0 Å².